The second kappa shape index (κ2) is 4.48. The summed E-state index contributed by atoms with van der Waals surface area (Å²) in [5.41, 5.74) is 6.51. The zero-order chi connectivity index (χ0) is 8.97. The molecule has 0 saturated carbocycles. The van der Waals surface area contributed by atoms with Gasteiger partial charge in [-0.3, -0.25) is 0 Å². The molecule has 0 aliphatic rings. The second-order valence-electron chi connectivity index (χ2n) is 2.57. The van der Waals surface area contributed by atoms with Gasteiger partial charge in [-0.15, -0.1) is 0 Å². The molecule has 0 radical (unpaired) electrons. The fraction of sp³-hybridized carbons (Fsp3) is 0.333. The van der Waals surface area contributed by atoms with Crippen LogP contribution in [0.25, 0.3) is 5.57 Å². The second-order valence-corrected chi connectivity index (χ2v) is 3.35. The van der Waals surface area contributed by atoms with E-state index in [-0.39, 0.29) is 0 Å². The molecule has 0 fully saturated rings. The summed E-state index contributed by atoms with van der Waals surface area (Å²) in [6.07, 6.45) is 2.97. The van der Waals surface area contributed by atoms with Crippen molar-refractivity contribution in [3.63, 3.8) is 0 Å². The summed E-state index contributed by atoms with van der Waals surface area (Å²) in [5.74, 6) is 0.898. The molecule has 2 nitrogen and oxygen atoms in total. The molecule has 0 aliphatic heterocycles. The van der Waals surface area contributed by atoms with Crippen molar-refractivity contribution in [1.29, 1.82) is 0 Å². The highest BCUT2D eigenvalue weighted by Gasteiger charge is 1.99. The van der Waals surface area contributed by atoms with Crippen molar-refractivity contribution >= 4 is 21.5 Å². The maximum Gasteiger partial charge on any atom is 0.169 e. The van der Waals surface area contributed by atoms with Crippen LogP contribution in [-0.2, 0) is 0 Å². The Kier molecular flexibility index (Phi) is 3.56. The Hall–Kier alpha value is -0.540. The Morgan fingerprint density at radius 3 is 2.92 bits per heavy atom. The van der Waals surface area contributed by atoms with Crippen LogP contribution in [0.3, 0.4) is 0 Å². The van der Waals surface area contributed by atoms with Gasteiger partial charge in [-0.2, -0.15) is 0 Å². The first-order chi connectivity index (χ1) is 5.74. The molecule has 0 aliphatic carbocycles. The van der Waals surface area contributed by atoms with Gasteiger partial charge in [0.15, 0.2) is 4.67 Å². The van der Waals surface area contributed by atoms with E-state index >= 15 is 0 Å². The molecule has 0 amide bonds. The lowest BCUT2D eigenvalue weighted by molar-refractivity contribution is 0.527. The average Bonchev–Trinajstić information content (AvgIpc) is 2.47. The van der Waals surface area contributed by atoms with Gasteiger partial charge in [0.1, 0.15) is 5.76 Å². The molecule has 2 N–H and O–H groups in total. The molecule has 0 saturated heterocycles. The lowest BCUT2D eigenvalue weighted by Gasteiger charge is -1.94. The number of hydrogen-bond acceptors (Lipinski definition) is 2. The Balaban J connectivity index is 2.70. The van der Waals surface area contributed by atoms with E-state index in [1.807, 2.05) is 19.1 Å². The van der Waals surface area contributed by atoms with Crippen LogP contribution in [0.15, 0.2) is 27.3 Å². The van der Waals surface area contributed by atoms with Crippen molar-refractivity contribution in [3.05, 3.63) is 28.6 Å². The first-order valence-corrected chi connectivity index (χ1v) is 4.66. The zero-order valence-corrected chi connectivity index (χ0v) is 8.60. The quantitative estimate of drug-likeness (QED) is 0.867. The van der Waals surface area contributed by atoms with E-state index in [1.54, 1.807) is 0 Å². The predicted molar refractivity (Wildman–Crippen MR) is 53.7 cm³/mol. The van der Waals surface area contributed by atoms with Gasteiger partial charge >= 0.3 is 0 Å². The highest BCUT2D eigenvalue weighted by molar-refractivity contribution is 9.10. The molecule has 0 unspecified atom stereocenters. The summed E-state index contributed by atoms with van der Waals surface area (Å²) >= 11 is 3.25. The molecule has 66 valence electrons. The van der Waals surface area contributed by atoms with Gasteiger partial charge in [0.05, 0.1) is 0 Å². The van der Waals surface area contributed by atoms with Gasteiger partial charge in [-0.1, -0.05) is 6.08 Å². The zero-order valence-electron chi connectivity index (χ0n) is 7.01. The maximum atomic E-state index is 5.38. The van der Waals surface area contributed by atoms with Crippen molar-refractivity contribution in [3.8, 4) is 0 Å². The summed E-state index contributed by atoms with van der Waals surface area (Å²) in [5, 5.41) is 0. The van der Waals surface area contributed by atoms with E-state index in [9.17, 15) is 0 Å². The van der Waals surface area contributed by atoms with Gasteiger partial charge < -0.3 is 10.2 Å². The highest BCUT2D eigenvalue weighted by Crippen LogP contribution is 2.20. The van der Waals surface area contributed by atoms with Gasteiger partial charge in [0.25, 0.3) is 0 Å². The van der Waals surface area contributed by atoms with Crippen LogP contribution in [0.5, 0.6) is 0 Å². The Bertz CT molecular complexity index is 278. The Labute approximate surface area is 80.6 Å². The van der Waals surface area contributed by atoms with E-state index in [2.05, 4.69) is 22.0 Å². The third-order valence-corrected chi connectivity index (χ3v) is 2.01. The van der Waals surface area contributed by atoms with Crippen molar-refractivity contribution in [2.75, 3.05) is 6.54 Å². The monoisotopic (exact) mass is 229 g/mol. The van der Waals surface area contributed by atoms with E-state index in [0.717, 1.165) is 22.4 Å². The summed E-state index contributed by atoms with van der Waals surface area (Å²) in [4.78, 5) is 0. The number of nitrogens with two attached hydrogens (primary N) is 1. The van der Waals surface area contributed by atoms with Crippen LogP contribution < -0.4 is 5.73 Å². The number of allylic oxidation sites excluding steroid dienone is 1. The number of furan rings is 1. The van der Waals surface area contributed by atoms with Crippen LogP contribution in [0.2, 0.25) is 0 Å². The summed E-state index contributed by atoms with van der Waals surface area (Å²) in [6.45, 7) is 2.69. The fourth-order valence-corrected chi connectivity index (χ4v) is 1.23. The standard InChI is InChI=1S/C9H12BrNO/c1-7(3-2-6-11)8-4-5-9(10)12-8/h3-5H,2,6,11H2,1H3/b7-3-. The molecular weight excluding hydrogens is 218 g/mol. The minimum absolute atomic E-state index is 0.680. The molecule has 0 bridgehead atoms. The van der Waals surface area contributed by atoms with Crippen molar-refractivity contribution < 1.29 is 4.42 Å². The van der Waals surface area contributed by atoms with Crippen LogP contribution in [0.1, 0.15) is 19.1 Å². The Morgan fingerprint density at radius 2 is 2.42 bits per heavy atom. The molecule has 0 spiro atoms. The molecule has 1 aromatic heterocycles. The molecule has 3 heteroatoms. The van der Waals surface area contributed by atoms with E-state index in [4.69, 9.17) is 10.2 Å². The molecule has 1 aromatic rings. The predicted octanol–water partition coefficient (Wildman–Crippen LogP) is 2.79. The lowest BCUT2D eigenvalue weighted by Crippen LogP contribution is -1.95. The van der Waals surface area contributed by atoms with Gasteiger partial charge in [-0.25, -0.2) is 0 Å². The van der Waals surface area contributed by atoms with E-state index in [0.29, 0.717) is 6.54 Å². The largest absolute Gasteiger partial charge is 0.450 e. The number of rotatable bonds is 3. The SMILES string of the molecule is C/C(=C/CCN)c1ccc(Br)o1. The summed E-state index contributed by atoms with van der Waals surface area (Å²) in [6, 6.07) is 3.82. The highest BCUT2D eigenvalue weighted by atomic mass is 79.9. The van der Waals surface area contributed by atoms with E-state index < -0.39 is 0 Å². The van der Waals surface area contributed by atoms with Crippen LogP contribution in [-0.4, -0.2) is 6.54 Å². The van der Waals surface area contributed by atoms with Gasteiger partial charge in [0, 0.05) is 0 Å². The third-order valence-electron chi connectivity index (χ3n) is 1.58. The molecule has 1 rings (SSSR count). The van der Waals surface area contributed by atoms with Crippen molar-refractivity contribution in [1.82, 2.24) is 0 Å². The smallest absolute Gasteiger partial charge is 0.169 e. The first kappa shape index (κ1) is 9.55. The molecule has 0 aromatic carbocycles. The minimum Gasteiger partial charge on any atom is -0.450 e. The summed E-state index contributed by atoms with van der Waals surface area (Å²) < 4.78 is 6.11. The van der Waals surface area contributed by atoms with Gasteiger partial charge in [0.2, 0.25) is 0 Å². The van der Waals surface area contributed by atoms with Crippen LogP contribution in [0, 0.1) is 0 Å². The number of halogens is 1. The maximum absolute atomic E-state index is 5.38. The van der Waals surface area contributed by atoms with Crippen LogP contribution in [0.4, 0.5) is 0 Å². The Morgan fingerprint density at radius 1 is 1.67 bits per heavy atom. The van der Waals surface area contributed by atoms with Crippen molar-refractivity contribution in [2.24, 2.45) is 5.73 Å². The normalized spacial score (nSPS) is 12.1. The van der Waals surface area contributed by atoms with Crippen molar-refractivity contribution in [2.45, 2.75) is 13.3 Å². The summed E-state index contributed by atoms with van der Waals surface area (Å²) in [7, 11) is 0. The number of hydrogen-bond donors (Lipinski definition) is 1. The first-order valence-electron chi connectivity index (χ1n) is 3.86. The van der Waals surface area contributed by atoms with Gasteiger partial charge in [-0.05, 0) is 53.5 Å². The minimum atomic E-state index is 0.680. The molecule has 1 heterocycles. The third kappa shape index (κ3) is 2.50. The average molecular weight is 230 g/mol. The van der Waals surface area contributed by atoms with E-state index in [1.165, 1.54) is 0 Å². The van der Waals surface area contributed by atoms with Crippen LogP contribution >= 0.6 is 15.9 Å². The molecular formula is C9H12BrNO. The molecule has 12 heavy (non-hydrogen) atoms. The molecule has 0 atom stereocenters. The topological polar surface area (TPSA) is 39.2 Å². The lowest BCUT2D eigenvalue weighted by atomic mass is 10.2. The fourth-order valence-electron chi connectivity index (χ4n) is 0.927.